The zero-order chi connectivity index (χ0) is 18.2. The first-order valence-corrected chi connectivity index (χ1v) is 7.63. The largest absolute Gasteiger partial charge is 0.493 e. The molecule has 0 saturated heterocycles. The lowest BCUT2D eigenvalue weighted by Gasteiger charge is -2.16. The Hall–Kier alpha value is -3.28. The van der Waals surface area contributed by atoms with Gasteiger partial charge in [0, 0.05) is 5.56 Å². The Morgan fingerprint density at radius 2 is 1.92 bits per heavy atom. The Bertz CT molecular complexity index is 759. The minimum Gasteiger partial charge on any atom is -0.493 e. The molecule has 6 heteroatoms. The predicted octanol–water partition coefficient (Wildman–Crippen LogP) is 2.22. The number of nitrogens with two attached hydrogens (primary N) is 1. The summed E-state index contributed by atoms with van der Waals surface area (Å²) < 4.78 is 10.7. The van der Waals surface area contributed by atoms with Crippen molar-refractivity contribution in [1.82, 2.24) is 5.32 Å². The van der Waals surface area contributed by atoms with Crippen molar-refractivity contribution in [2.45, 2.75) is 6.04 Å². The lowest BCUT2D eigenvalue weighted by atomic mass is 10.1. The summed E-state index contributed by atoms with van der Waals surface area (Å²) in [7, 11) is 1.48. The maximum absolute atomic E-state index is 12.5. The normalized spacial score (nSPS) is 11.2. The van der Waals surface area contributed by atoms with Crippen LogP contribution in [0.4, 0.5) is 0 Å². The molecule has 3 N–H and O–H groups in total. The maximum Gasteiger partial charge on any atom is 0.252 e. The monoisotopic (exact) mass is 340 g/mol. The quantitative estimate of drug-likeness (QED) is 0.721. The third kappa shape index (κ3) is 4.60. The Balaban J connectivity index is 2.21. The molecule has 0 aliphatic carbocycles. The molecule has 0 bridgehead atoms. The van der Waals surface area contributed by atoms with Gasteiger partial charge in [-0.25, -0.2) is 0 Å². The standard InChI is InChI=1S/C19H20N2O4/c1-3-11-25-15-10-9-14(12-16(15)24-2)19(23)21-17(18(20)22)13-7-5-4-6-8-13/h3-10,12,17H,1,11H2,2H3,(H2,20,22)(H,21,23)/t17-/m0/s1. The number of methoxy groups -OCH3 is 1. The zero-order valence-corrected chi connectivity index (χ0v) is 13.9. The molecule has 6 nitrogen and oxygen atoms in total. The van der Waals surface area contributed by atoms with Gasteiger partial charge in [-0.05, 0) is 23.8 Å². The fraction of sp³-hybridized carbons (Fsp3) is 0.158. The SMILES string of the molecule is C=CCOc1ccc(C(=O)N[C@H](C(N)=O)c2ccccc2)cc1OC. The minimum absolute atomic E-state index is 0.319. The Morgan fingerprint density at radius 1 is 1.20 bits per heavy atom. The summed E-state index contributed by atoms with van der Waals surface area (Å²) in [4.78, 5) is 24.2. The fourth-order valence-corrected chi connectivity index (χ4v) is 2.26. The average molecular weight is 340 g/mol. The van der Waals surface area contributed by atoms with E-state index in [9.17, 15) is 9.59 Å². The van der Waals surface area contributed by atoms with Crippen LogP contribution in [-0.4, -0.2) is 25.5 Å². The van der Waals surface area contributed by atoms with Gasteiger partial charge in [0.1, 0.15) is 12.6 Å². The van der Waals surface area contributed by atoms with Gasteiger partial charge in [0.15, 0.2) is 11.5 Å². The Morgan fingerprint density at radius 3 is 2.52 bits per heavy atom. The number of amides is 2. The van der Waals surface area contributed by atoms with Gasteiger partial charge in [-0.1, -0.05) is 43.0 Å². The van der Waals surface area contributed by atoms with Gasteiger partial charge in [0.25, 0.3) is 5.91 Å². The van der Waals surface area contributed by atoms with Gasteiger partial charge in [-0.3, -0.25) is 9.59 Å². The van der Waals surface area contributed by atoms with Gasteiger partial charge in [-0.15, -0.1) is 0 Å². The molecule has 2 aromatic rings. The van der Waals surface area contributed by atoms with Crippen LogP contribution in [0.25, 0.3) is 0 Å². The van der Waals surface area contributed by atoms with Crippen molar-refractivity contribution in [3.05, 3.63) is 72.3 Å². The van der Waals surface area contributed by atoms with Crippen LogP contribution in [0, 0.1) is 0 Å². The molecule has 0 radical (unpaired) electrons. The van der Waals surface area contributed by atoms with Crippen molar-refractivity contribution in [2.24, 2.45) is 5.73 Å². The van der Waals surface area contributed by atoms with Gasteiger partial charge < -0.3 is 20.5 Å². The summed E-state index contributed by atoms with van der Waals surface area (Å²) in [6.07, 6.45) is 1.61. The molecule has 25 heavy (non-hydrogen) atoms. The summed E-state index contributed by atoms with van der Waals surface area (Å²) in [6, 6.07) is 12.6. The molecular formula is C19H20N2O4. The number of ether oxygens (including phenoxy) is 2. The van der Waals surface area contributed by atoms with Crippen LogP contribution < -0.4 is 20.5 Å². The first-order chi connectivity index (χ1) is 12.1. The van der Waals surface area contributed by atoms with E-state index in [0.717, 1.165) is 0 Å². The summed E-state index contributed by atoms with van der Waals surface area (Å²) >= 11 is 0. The van der Waals surface area contributed by atoms with E-state index < -0.39 is 17.9 Å². The molecular weight excluding hydrogens is 320 g/mol. The second-order valence-corrected chi connectivity index (χ2v) is 5.18. The number of rotatable bonds is 8. The van der Waals surface area contributed by atoms with Crippen LogP contribution in [0.5, 0.6) is 11.5 Å². The van der Waals surface area contributed by atoms with Crippen molar-refractivity contribution >= 4 is 11.8 Å². The summed E-state index contributed by atoms with van der Waals surface area (Å²) in [5.41, 5.74) is 6.36. The number of nitrogens with one attached hydrogen (secondary N) is 1. The van der Waals surface area contributed by atoms with E-state index in [1.54, 1.807) is 42.5 Å². The second kappa shape index (κ2) is 8.54. The van der Waals surface area contributed by atoms with Crippen molar-refractivity contribution in [1.29, 1.82) is 0 Å². The van der Waals surface area contributed by atoms with Gasteiger partial charge in [0.2, 0.25) is 5.91 Å². The molecule has 0 aliphatic rings. The van der Waals surface area contributed by atoms with Crippen molar-refractivity contribution in [3.8, 4) is 11.5 Å². The first-order valence-electron chi connectivity index (χ1n) is 7.63. The molecule has 0 heterocycles. The van der Waals surface area contributed by atoms with Crippen LogP contribution in [0.3, 0.4) is 0 Å². The third-order valence-electron chi connectivity index (χ3n) is 3.48. The molecule has 2 aromatic carbocycles. The number of benzene rings is 2. The van der Waals surface area contributed by atoms with Crippen LogP contribution in [-0.2, 0) is 4.79 Å². The molecule has 0 saturated carbocycles. The molecule has 0 aromatic heterocycles. The molecule has 2 amide bonds. The molecule has 0 fully saturated rings. The van der Waals surface area contributed by atoms with E-state index in [1.807, 2.05) is 6.07 Å². The molecule has 2 rings (SSSR count). The topological polar surface area (TPSA) is 90.6 Å². The highest BCUT2D eigenvalue weighted by Crippen LogP contribution is 2.28. The minimum atomic E-state index is -0.920. The molecule has 0 spiro atoms. The van der Waals surface area contributed by atoms with Crippen LogP contribution in [0.1, 0.15) is 22.0 Å². The number of primary amides is 1. The van der Waals surface area contributed by atoms with Gasteiger partial charge >= 0.3 is 0 Å². The highest BCUT2D eigenvalue weighted by atomic mass is 16.5. The smallest absolute Gasteiger partial charge is 0.252 e. The molecule has 0 unspecified atom stereocenters. The lowest BCUT2D eigenvalue weighted by Crippen LogP contribution is -2.37. The first kappa shape index (κ1) is 18.1. The van der Waals surface area contributed by atoms with Crippen LogP contribution in [0.15, 0.2) is 61.2 Å². The van der Waals surface area contributed by atoms with E-state index in [0.29, 0.717) is 29.2 Å². The highest BCUT2D eigenvalue weighted by molar-refractivity contribution is 5.98. The van der Waals surface area contributed by atoms with Crippen molar-refractivity contribution in [2.75, 3.05) is 13.7 Å². The Labute approximate surface area is 146 Å². The van der Waals surface area contributed by atoms with E-state index in [4.69, 9.17) is 15.2 Å². The lowest BCUT2D eigenvalue weighted by molar-refractivity contribution is -0.120. The maximum atomic E-state index is 12.5. The van der Waals surface area contributed by atoms with Crippen molar-refractivity contribution < 1.29 is 19.1 Å². The predicted molar refractivity (Wildman–Crippen MR) is 94.5 cm³/mol. The summed E-state index contributed by atoms with van der Waals surface area (Å²) in [5.74, 6) is -0.183. The number of carbonyl (C=O) groups is 2. The fourth-order valence-electron chi connectivity index (χ4n) is 2.26. The summed E-state index contributed by atoms with van der Waals surface area (Å²) in [6.45, 7) is 3.90. The number of hydrogen-bond acceptors (Lipinski definition) is 4. The van der Waals surface area contributed by atoms with Gasteiger partial charge in [0.05, 0.1) is 7.11 Å². The number of hydrogen-bond donors (Lipinski definition) is 2. The molecule has 1 atom stereocenters. The second-order valence-electron chi connectivity index (χ2n) is 5.18. The third-order valence-corrected chi connectivity index (χ3v) is 3.48. The molecule has 0 aliphatic heterocycles. The van der Waals surface area contributed by atoms with Crippen LogP contribution >= 0.6 is 0 Å². The van der Waals surface area contributed by atoms with E-state index in [2.05, 4.69) is 11.9 Å². The Kier molecular flexibility index (Phi) is 6.17. The van der Waals surface area contributed by atoms with Gasteiger partial charge in [-0.2, -0.15) is 0 Å². The highest BCUT2D eigenvalue weighted by Gasteiger charge is 2.21. The van der Waals surface area contributed by atoms with Crippen molar-refractivity contribution in [3.63, 3.8) is 0 Å². The number of carbonyl (C=O) groups excluding carboxylic acids is 2. The van der Waals surface area contributed by atoms with E-state index in [-0.39, 0.29) is 0 Å². The van der Waals surface area contributed by atoms with E-state index in [1.165, 1.54) is 13.2 Å². The van der Waals surface area contributed by atoms with Crippen LogP contribution in [0.2, 0.25) is 0 Å². The summed E-state index contributed by atoms with van der Waals surface area (Å²) in [5, 5.41) is 2.64. The average Bonchev–Trinajstić information content (AvgIpc) is 2.64. The molecule has 130 valence electrons. The zero-order valence-electron chi connectivity index (χ0n) is 13.9. The van der Waals surface area contributed by atoms with E-state index >= 15 is 0 Å².